The van der Waals surface area contributed by atoms with Crippen LogP contribution in [0.5, 0.6) is 11.6 Å². The van der Waals surface area contributed by atoms with Crippen molar-refractivity contribution in [3.8, 4) is 17.3 Å². The average Bonchev–Trinajstić information content (AvgIpc) is 3.59. The van der Waals surface area contributed by atoms with E-state index in [0.717, 1.165) is 47.0 Å². The van der Waals surface area contributed by atoms with Crippen molar-refractivity contribution in [2.45, 2.75) is 58.2 Å². The normalized spacial score (nSPS) is 14.5. The second-order valence-corrected chi connectivity index (χ2v) is 8.72. The molecule has 1 saturated carbocycles. The van der Waals surface area contributed by atoms with Crippen LogP contribution in [0.15, 0.2) is 67.3 Å². The number of aliphatic hydroxyl groups is 1. The van der Waals surface area contributed by atoms with E-state index in [1.807, 2.05) is 66.2 Å². The van der Waals surface area contributed by atoms with Crippen molar-refractivity contribution in [1.82, 2.24) is 14.7 Å². The minimum absolute atomic E-state index is 0.362. The fourth-order valence-corrected chi connectivity index (χ4v) is 4.02. The average molecular weight is 432 g/mol. The maximum Gasteiger partial charge on any atom is 0.227 e. The Labute approximate surface area is 191 Å². The van der Waals surface area contributed by atoms with Gasteiger partial charge >= 0.3 is 0 Å². The fraction of sp³-hybridized carbons (Fsp3) is 0.370. The highest BCUT2D eigenvalue weighted by Gasteiger charge is 2.32. The van der Waals surface area contributed by atoms with E-state index in [1.54, 1.807) is 0 Å². The van der Waals surface area contributed by atoms with Crippen LogP contribution < -0.4 is 4.74 Å². The maximum atomic E-state index is 10.6. The lowest BCUT2D eigenvalue weighted by molar-refractivity contribution is 0.0975. The van der Waals surface area contributed by atoms with Crippen LogP contribution >= 0.6 is 0 Å². The standard InChI is InChI=1S/C27H33N3O2/c1-4-5-13-24(31)18-29(22-15-16-22)19-26-21(3)28-30(23-11-7-6-8-12-23)27(26)32-25-14-9-10-20(2)17-25/h4,6-12,14,17,22,24,31H,1,5,13,15-16,18-19H2,2-3H3/t24-/m0/s1. The van der Waals surface area contributed by atoms with Crippen LogP contribution in [0.25, 0.3) is 5.69 Å². The lowest BCUT2D eigenvalue weighted by Crippen LogP contribution is -2.34. The molecule has 0 bridgehead atoms. The molecule has 1 N–H and O–H groups in total. The molecule has 1 aliphatic carbocycles. The summed E-state index contributed by atoms with van der Waals surface area (Å²) in [6, 6.07) is 18.7. The summed E-state index contributed by atoms with van der Waals surface area (Å²) in [4.78, 5) is 2.39. The number of aromatic nitrogens is 2. The van der Waals surface area contributed by atoms with Gasteiger partial charge in [0.15, 0.2) is 0 Å². The van der Waals surface area contributed by atoms with E-state index in [9.17, 15) is 5.11 Å². The van der Waals surface area contributed by atoms with Crippen molar-refractivity contribution in [3.63, 3.8) is 0 Å². The molecular formula is C27H33N3O2. The van der Waals surface area contributed by atoms with Crippen molar-refractivity contribution in [2.75, 3.05) is 6.54 Å². The summed E-state index contributed by atoms with van der Waals surface area (Å²) in [5, 5.41) is 15.4. The SMILES string of the molecule is C=CCC[C@H](O)CN(Cc1c(C)nn(-c2ccccc2)c1Oc1cccc(C)c1)C1CC1. The number of benzene rings is 2. The molecule has 0 unspecified atom stereocenters. The first kappa shape index (κ1) is 22.3. The van der Waals surface area contributed by atoms with E-state index in [4.69, 9.17) is 9.84 Å². The van der Waals surface area contributed by atoms with Crippen molar-refractivity contribution < 1.29 is 9.84 Å². The van der Waals surface area contributed by atoms with Crippen LogP contribution in [-0.2, 0) is 6.54 Å². The Morgan fingerprint density at radius 2 is 1.97 bits per heavy atom. The summed E-state index contributed by atoms with van der Waals surface area (Å²) in [5.41, 5.74) is 4.13. The Morgan fingerprint density at radius 3 is 2.66 bits per heavy atom. The number of hydrogen-bond acceptors (Lipinski definition) is 4. The van der Waals surface area contributed by atoms with E-state index in [0.29, 0.717) is 19.1 Å². The zero-order chi connectivity index (χ0) is 22.5. The molecule has 0 aliphatic heterocycles. The summed E-state index contributed by atoms with van der Waals surface area (Å²) in [6.07, 6.45) is 5.42. The molecule has 1 heterocycles. The first-order chi connectivity index (χ1) is 15.5. The van der Waals surface area contributed by atoms with Gasteiger partial charge in [-0.3, -0.25) is 4.90 Å². The number of rotatable bonds is 11. The molecule has 0 spiro atoms. The van der Waals surface area contributed by atoms with Crippen LogP contribution in [-0.4, -0.2) is 38.5 Å². The Hall–Kier alpha value is -2.89. The van der Waals surface area contributed by atoms with Gasteiger partial charge in [-0.25, -0.2) is 4.68 Å². The van der Waals surface area contributed by atoms with Crippen molar-refractivity contribution in [1.29, 1.82) is 0 Å². The third kappa shape index (κ3) is 5.47. The van der Waals surface area contributed by atoms with E-state index >= 15 is 0 Å². The van der Waals surface area contributed by atoms with Gasteiger partial charge in [0, 0.05) is 19.1 Å². The van der Waals surface area contributed by atoms with Gasteiger partial charge in [0.1, 0.15) is 5.75 Å². The second-order valence-electron chi connectivity index (χ2n) is 8.72. The number of allylic oxidation sites excluding steroid dienone is 1. The van der Waals surface area contributed by atoms with Crippen LogP contribution in [0.2, 0.25) is 0 Å². The number of para-hydroxylation sites is 1. The molecule has 0 radical (unpaired) electrons. The van der Waals surface area contributed by atoms with E-state index < -0.39 is 0 Å². The van der Waals surface area contributed by atoms with Crippen LogP contribution in [0.1, 0.15) is 42.5 Å². The first-order valence-electron chi connectivity index (χ1n) is 11.5. The predicted molar refractivity (Wildman–Crippen MR) is 128 cm³/mol. The summed E-state index contributed by atoms with van der Waals surface area (Å²) >= 11 is 0. The highest BCUT2D eigenvalue weighted by Crippen LogP contribution is 2.35. The number of nitrogens with zero attached hydrogens (tertiary/aromatic N) is 3. The number of aryl methyl sites for hydroxylation is 2. The highest BCUT2D eigenvalue weighted by molar-refractivity contribution is 5.43. The Balaban J connectivity index is 1.67. The van der Waals surface area contributed by atoms with Gasteiger partial charge in [-0.05, 0) is 69.4 Å². The summed E-state index contributed by atoms with van der Waals surface area (Å²) in [6.45, 7) is 9.23. The van der Waals surface area contributed by atoms with Crippen molar-refractivity contribution in [3.05, 3.63) is 84.1 Å². The minimum Gasteiger partial charge on any atom is -0.439 e. The van der Waals surface area contributed by atoms with Crippen LogP contribution in [0.3, 0.4) is 0 Å². The van der Waals surface area contributed by atoms with Gasteiger partial charge in [0.05, 0.1) is 23.0 Å². The first-order valence-corrected chi connectivity index (χ1v) is 11.5. The monoisotopic (exact) mass is 431 g/mol. The molecule has 3 aromatic rings. The Morgan fingerprint density at radius 1 is 1.19 bits per heavy atom. The minimum atomic E-state index is -0.362. The zero-order valence-corrected chi connectivity index (χ0v) is 19.1. The van der Waals surface area contributed by atoms with Crippen molar-refractivity contribution >= 4 is 0 Å². The highest BCUT2D eigenvalue weighted by atomic mass is 16.5. The summed E-state index contributed by atoms with van der Waals surface area (Å²) in [5.74, 6) is 1.54. The van der Waals surface area contributed by atoms with Gasteiger partial charge in [-0.15, -0.1) is 6.58 Å². The third-order valence-electron chi connectivity index (χ3n) is 5.92. The van der Waals surface area contributed by atoms with Gasteiger partial charge in [-0.2, -0.15) is 5.10 Å². The van der Waals surface area contributed by atoms with Crippen molar-refractivity contribution in [2.24, 2.45) is 0 Å². The van der Waals surface area contributed by atoms with Crippen LogP contribution in [0.4, 0.5) is 0 Å². The lowest BCUT2D eigenvalue weighted by Gasteiger charge is -2.25. The molecule has 2 aromatic carbocycles. The largest absolute Gasteiger partial charge is 0.439 e. The molecule has 5 nitrogen and oxygen atoms in total. The van der Waals surface area contributed by atoms with E-state index in [2.05, 4.69) is 24.5 Å². The Kier molecular flexibility index (Phi) is 7.08. The van der Waals surface area contributed by atoms with Gasteiger partial charge in [0.25, 0.3) is 0 Å². The van der Waals surface area contributed by atoms with Crippen LogP contribution in [0, 0.1) is 13.8 Å². The molecule has 1 atom stereocenters. The van der Waals surface area contributed by atoms with Gasteiger partial charge in [-0.1, -0.05) is 36.4 Å². The Bertz CT molecular complexity index is 1040. The quantitative estimate of drug-likeness (QED) is 0.403. The molecule has 0 amide bonds. The molecule has 4 rings (SSSR count). The number of ether oxygens (including phenoxy) is 1. The molecule has 1 aromatic heterocycles. The van der Waals surface area contributed by atoms with E-state index in [1.165, 1.54) is 12.8 Å². The van der Waals surface area contributed by atoms with Gasteiger partial charge < -0.3 is 9.84 Å². The summed E-state index contributed by atoms with van der Waals surface area (Å²) < 4.78 is 8.36. The molecular weight excluding hydrogens is 398 g/mol. The molecule has 5 heteroatoms. The zero-order valence-electron chi connectivity index (χ0n) is 19.1. The maximum absolute atomic E-state index is 10.6. The van der Waals surface area contributed by atoms with Gasteiger partial charge in [0.2, 0.25) is 5.88 Å². The molecule has 32 heavy (non-hydrogen) atoms. The number of hydrogen-bond donors (Lipinski definition) is 1. The third-order valence-corrected chi connectivity index (χ3v) is 5.92. The number of aliphatic hydroxyl groups excluding tert-OH is 1. The molecule has 1 fully saturated rings. The fourth-order valence-electron chi connectivity index (χ4n) is 4.02. The predicted octanol–water partition coefficient (Wildman–Crippen LogP) is 5.57. The molecule has 1 aliphatic rings. The topological polar surface area (TPSA) is 50.5 Å². The smallest absolute Gasteiger partial charge is 0.227 e. The molecule has 0 saturated heterocycles. The van der Waals surface area contributed by atoms with E-state index in [-0.39, 0.29) is 6.10 Å². The second kappa shape index (κ2) is 10.2. The summed E-state index contributed by atoms with van der Waals surface area (Å²) in [7, 11) is 0. The molecule has 168 valence electrons. The lowest BCUT2D eigenvalue weighted by atomic mass is 10.1.